The topological polar surface area (TPSA) is 108 Å². The molecule has 1 aromatic rings. The molecule has 0 aromatic heterocycles. The van der Waals surface area contributed by atoms with Gasteiger partial charge in [0, 0.05) is 10.2 Å². The molecule has 0 radical (unpaired) electrons. The Morgan fingerprint density at radius 2 is 1.65 bits per heavy atom. The number of benzene rings is 1. The first-order chi connectivity index (χ1) is 9.23. The van der Waals surface area contributed by atoms with Gasteiger partial charge in [-0.05, 0) is 38.1 Å². The van der Waals surface area contributed by atoms with Gasteiger partial charge in [-0.25, -0.2) is 10.2 Å². The van der Waals surface area contributed by atoms with Gasteiger partial charge in [-0.1, -0.05) is 15.9 Å². The van der Waals surface area contributed by atoms with Gasteiger partial charge in [-0.3, -0.25) is 15.0 Å². The van der Waals surface area contributed by atoms with Gasteiger partial charge in [0.1, 0.15) is 5.41 Å². The third-order valence-electron chi connectivity index (χ3n) is 2.49. The van der Waals surface area contributed by atoms with Gasteiger partial charge >= 0.3 is 12.0 Å². The van der Waals surface area contributed by atoms with Gasteiger partial charge in [0.05, 0.1) is 0 Å². The third-order valence-corrected chi connectivity index (χ3v) is 3.02. The number of halogens is 1. The second-order valence-electron chi connectivity index (χ2n) is 4.47. The number of urea groups is 1. The Bertz CT molecular complexity index is 528. The van der Waals surface area contributed by atoms with Crippen molar-refractivity contribution in [1.82, 2.24) is 10.9 Å². The molecule has 0 saturated carbocycles. The average molecular weight is 344 g/mol. The molecule has 1 rings (SSSR count). The van der Waals surface area contributed by atoms with Crippen molar-refractivity contribution in [2.45, 2.75) is 13.8 Å². The molecule has 0 aliphatic heterocycles. The molecule has 0 unspecified atom stereocenters. The molecule has 0 bridgehead atoms. The summed E-state index contributed by atoms with van der Waals surface area (Å²) in [6.45, 7) is 2.47. The molecule has 1 aromatic carbocycles. The normalized spacial score (nSPS) is 10.6. The summed E-state index contributed by atoms with van der Waals surface area (Å²) in [6, 6.07) is 6.12. The van der Waals surface area contributed by atoms with Crippen molar-refractivity contribution in [3.05, 3.63) is 28.7 Å². The summed E-state index contributed by atoms with van der Waals surface area (Å²) < 4.78 is 0.861. The number of hydrazine groups is 1. The van der Waals surface area contributed by atoms with Gasteiger partial charge in [-0.2, -0.15) is 0 Å². The number of carboxylic acids is 1. The van der Waals surface area contributed by atoms with Gasteiger partial charge in [0.2, 0.25) is 0 Å². The van der Waals surface area contributed by atoms with Gasteiger partial charge in [-0.15, -0.1) is 0 Å². The van der Waals surface area contributed by atoms with Crippen molar-refractivity contribution in [2.75, 3.05) is 5.32 Å². The second kappa shape index (κ2) is 6.38. The van der Waals surface area contributed by atoms with Crippen LogP contribution < -0.4 is 16.2 Å². The van der Waals surface area contributed by atoms with Crippen LogP contribution in [0.4, 0.5) is 10.5 Å². The standard InChI is InChI=1S/C12H14BrN3O4/c1-12(2,10(18)19)9(17)15-16-11(20)14-8-5-3-7(13)4-6-8/h3-6H,1-2H3,(H,15,17)(H,18,19)(H2,14,16,20). The summed E-state index contributed by atoms with van der Waals surface area (Å²) in [5.41, 5.74) is 3.02. The van der Waals surface area contributed by atoms with E-state index < -0.39 is 23.3 Å². The Kier molecular flexibility index (Phi) is 5.09. The third kappa shape index (κ3) is 4.23. The Balaban J connectivity index is 2.50. The first kappa shape index (κ1) is 16.0. The molecule has 0 saturated heterocycles. The monoisotopic (exact) mass is 343 g/mol. The summed E-state index contributed by atoms with van der Waals surface area (Å²) in [5.74, 6) is -2.11. The number of aliphatic carboxylic acids is 1. The first-order valence-electron chi connectivity index (χ1n) is 5.60. The molecular formula is C12H14BrN3O4. The Hall–Kier alpha value is -2.09. The fourth-order valence-corrected chi connectivity index (χ4v) is 1.33. The van der Waals surface area contributed by atoms with E-state index in [-0.39, 0.29) is 0 Å². The smallest absolute Gasteiger partial charge is 0.337 e. The number of carbonyl (C=O) groups is 3. The SMILES string of the molecule is CC(C)(C(=O)O)C(=O)NNC(=O)Nc1ccc(Br)cc1. The number of carboxylic acid groups (broad SMARTS) is 1. The predicted octanol–water partition coefficient (Wildman–Crippen LogP) is 1.71. The fourth-order valence-electron chi connectivity index (χ4n) is 1.06. The van der Waals surface area contributed by atoms with Crippen molar-refractivity contribution >= 4 is 39.5 Å². The molecule has 3 amide bonds. The highest BCUT2D eigenvalue weighted by molar-refractivity contribution is 9.10. The molecule has 0 atom stereocenters. The average Bonchev–Trinajstić information content (AvgIpc) is 2.38. The van der Waals surface area contributed by atoms with E-state index in [1.807, 2.05) is 5.43 Å². The van der Waals surface area contributed by atoms with Crippen LogP contribution >= 0.6 is 15.9 Å². The van der Waals surface area contributed by atoms with Gasteiger partial charge in [0.25, 0.3) is 5.91 Å². The lowest BCUT2D eigenvalue weighted by molar-refractivity contribution is -0.153. The first-order valence-corrected chi connectivity index (χ1v) is 6.39. The van der Waals surface area contributed by atoms with Crippen molar-refractivity contribution in [2.24, 2.45) is 5.41 Å². The van der Waals surface area contributed by atoms with E-state index >= 15 is 0 Å². The number of hydrogen-bond acceptors (Lipinski definition) is 3. The molecule has 20 heavy (non-hydrogen) atoms. The molecule has 0 fully saturated rings. The van der Waals surface area contributed by atoms with Crippen molar-refractivity contribution in [3.63, 3.8) is 0 Å². The van der Waals surface area contributed by atoms with Crippen LogP contribution in [0.2, 0.25) is 0 Å². The van der Waals surface area contributed by atoms with Crippen LogP contribution in [0, 0.1) is 5.41 Å². The molecule has 8 heteroatoms. The predicted molar refractivity (Wildman–Crippen MR) is 75.9 cm³/mol. The van der Waals surface area contributed by atoms with Crippen LogP contribution in [0.3, 0.4) is 0 Å². The molecule has 0 heterocycles. The Morgan fingerprint density at radius 3 is 2.15 bits per heavy atom. The quantitative estimate of drug-likeness (QED) is 0.495. The molecular weight excluding hydrogens is 330 g/mol. The summed E-state index contributed by atoms with van der Waals surface area (Å²) in [5, 5.41) is 11.3. The zero-order valence-electron chi connectivity index (χ0n) is 10.9. The number of rotatable bonds is 3. The summed E-state index contributed by atoms with van der Waals surface area (Å²) >= 11 is 3.26. The van der Waals surface area contributed by atoms with E-state index in [0.717, 1.165) is 4.47 Å². The van der Waals surface area contributed by atoms with Crippen LogP contribution in [0.15, 0.2) is 28.7 Å². The molecule has 0 aliphatic carbocycles. The maximum Gasteiger partial charge on any atom is 0.337 e. The highest BCUT2D eigenvalue weighted by Crippen LogP contribution is 2.15. The lowest BCUT2D eigenvalue weighted by Gasteiger charge is -2.18. The van der Waals surface area contributed by atoms with Crippen LogP contribution in [0.1, 0.15) is 13.8 Å². The minimum atomic E-state index is -1.63. The number of nitrogens with one attached hydrogen (secondary N) is 3. The number of carbonyl (C=O) groups excluding carboxylic acids is 2. The zero-order chi connectivity index (χ0) is 15.3. The maximum atomic E-state index is 11.6. The van der Waals surface area contributed by atoms with E-state index in [2.05, 4.69) is 26.7 Å². The second-order valence-corrected chi connectivity index (χ2v) is 5.39. The highest BCUT2D eigenvalue weighted by atomic mass is 79.9. The minimum absolute atomic E-state index is 0.525. The highest BCUT2D eigenvalue weighted by Gasteiger charge is 2.36. The van der Waals surface area contributed by atoms with Crippen LogP contribution in [0.25, 0.3) is 0 Å². The largest absolute Gasteiger partial charge is 0.480 e. The summed E-state index contributed by atoms with van der Waals surface area (Å²) in [6.07, 6.45) is 0. The van der Waals surface area contributed by atoms with Gasteiger partial charge in [0.15, 0.2) is 0 Å². The number of hydrogen-bond donors (Lipinski definition) is 4. The Morgan fingerprint density at radius 1 is 1.10 bits per heavy atom. The number of anilines is 1. The van der Waals surface area contributed by atoms with E-state index in [0.29, 0.717) is 5.69 Å². The van der Waals surface area contributed by atoms with Crippen LogP contribution in [-0.4, -0.2) is 23.0 Å². The van der Waals surface area contributed by atoms with E-state index in [1.165, 1.54) is 13.8 Å². The lowest BCUT2D eigenvalue weighted by atomic mass is 9.93. The van der Waals surface area contributed by atoms with E-state index in [9.17, 15) is 14.4 Å². The van der Waals surface area contributed by atoms with Crippen molar-refractivity contribution in [1.29, 1.82) is 0 Å². The molecule has 4 N–H and O–H groups in total. The fraction of sp³-hybridized carbons (Fsp3) is 0.250. The molecule has 0 aliphatic rings. The summed E-state index contributed by atoms with van der Waals surface area (Å²) in [4.78, 5) is 33.9. The zero-order valence-corrected chi connectivity index (χ0v) is 12.4. The molecule has 7 nitrogen and oxygen atoms in total. The van der Waals surface area contributed by atoms with Crippen molar-refractivity contribution in [3.8, 4) is 0 Å². The van der Waals surface area contributed by atoms with E-state index in [4.69, 9.17) is 5.11 Å². The van der Waals surface area contributed by atoms with Gasteiger partial charge < -0.3 is 10.4 Å². The lowest BCUT2D eigenvalue weighted by Crippen LogP contribution is -2.51. The minimum Gasteiger partial charge on any atom is -0.480 e. The van der Waals surface area contributed by atoms with Crippen LogP contribution in [-0.2, 0) is 9.59 Å². The van der Waals surface area contributed by atoms with E-state index in [1.54, 1.807) is 24.3 Å². The Labute approximate surface area is 123 Å². The molecule has 108 valence electrons. The van der Waals surface area contributed by atoms with Crippen molar-refractivity contribution < 1.29 is 19.5 Å². The number of amides is 3. The maximum absolute atomic E-state index is 11.6. The molecule has 0 spiro atoms. The van der Waals surface area contributed by atoms with Crippen LogP contribution in [0.5, 0.6) is 0 Å². The summed E-state index contributed by atoms with van der Waals surface area (Å²) in [7, 11) is 0.